The third kappa shape index (κ3) is 10.9. The van der Waals surface area contributed by atoms with Crippen molar-refractivity contribution in [3.63, 3.8) is 0 Å². The van der Waals surface area contributed by atoms with Crippen molar-refractivity contribution in [2.24, 2.45) is 0 Å². The zero-order valence-corrected chi connectivity index (χ0v) is 15.1. The Morgan fingerprint density at radius 1 is 0.957 bits per heavy atom. The minimum atomic E-state index is 0.716. The van der Waals surface area contributed by atoms with Crippen LogP contribution in [0.1, 0.15) is 70.8 Å². The largest absolute Gasteiger partial charge is 0.376 e. The third-order valence-electron chi connectivity index (χ3n) is 3.93. The average molecular weight is 315 g/mol. The Labute approximate surface area is 143 Å². The molecule has 1 rings (SSSR count). The Morgan fingerprint density at radius 3 is 2.48 bits per heavy atom. The lowest BCUT2D eigenvalue weighted by atomic mass is 10.0. The normalized spacial score (nSPS) is 12.2. The van der Waals surface area contributed by atoms with Crippen molar-refractivity contribution in [2.45, 2.75) is 71.8 Å². The molecule has 0 heterocycles. The van der Waals surface area contributed by atoms with Gasteiger partial charge in [-0.3, -0.25) is 0 Å². The Kier molecular flexibility index (Phi) is 12.2. The lowest BCUT2D eigenvalue weighted by molar-refractivity contribution is 0.125. The van der Waals surface area contributed by atoms with Gasteiger partial charge in [-0.25, -0.2) is 0 Å². The van der Waals surface area contributed by atoms with E-state index < -0.39 is 0 Å². The van der Waals surface area contributed by atoms with Crippen molar-refractivity contribution in [3.05, 3.63) is 59.7 Å². The third-order valence-corrected chi connectivity index (χ3v) is 3.93. The van der Waals surface area contributed by atoms with Crippen molar-refractivity contribution >= 4 is 0 Å². The van der Waals surface area contributed by atoms with Gasteiger partial charge < -0.3 is 4.74 Å². The van der Waals surface area contributed by atoms with Crippen molar-refractivity contribution < 1.29 is 4.74 Å². The lowest BCUT2D eigenvalue weighted by Crippen LogP contribution is -1.93. The summed E-state index contributed by atoms with van der Waals surface area (Å²) >= 11 is 0. The van der Waals surface area contributed by atoms with Gasteiger partial charge in [-0.2, -0.15) is 0 Å². The van der Waals surface area contributed by atoms with E-state index in [9.17, 15) is 0 Å². The van der Waals surface area contributed by atoms with Crippen molar-refractivity contribution in [3.8, 4) is 0 Å². The zero-order chi connectivity index (χ0) is 16.6. The second-order valence-electron chi connectivity index (χ2n) is 6.11. The zero-order valence-electron chi connectivity index (χ0n) is 15.1. The van der Waals surface area contributed by atoms with E-state index in [1.54, 1.807) is 5.57 Å². The number of hydrogen-bond acceptors (Lipinski definition) is 1. The molecule has 0 atom stereocenters. The van der Waals surface area contributed by atoms with E-state index in [-0.39, 0.29) is 0 Å². The number of ether oxygens (including phenoxy) is 1. The highest BCUT2D eigenvalue weighted by Gasteiger charge is 1.95. The lowest BCUT2D eigenvalue weighted by Gasteiger charge is -2.05. The fraction of sp³-hybridized carbons (Fsp3) is 0.545. The molecular formula is C22H34O. The van der Waals surface area contributed by atoms with Crippen LogP contribution >= 0.6 is 0 Å². The first-order chi connectivity index (χ1) is 11.4. The van der Waals surface area contributed by atoms with Crippen LogP contribution in [0, 0.1) is 0 Å². The van der Waals surface area contributed by atoms with E-state index in [0.29, 0.717) is 6.61 Å². The van der Waals surface area contributed by atoms with Crippen LogP contribution in [-0.2, 0) is 11.3 Å². The highest BCUT2D eigenvalue weighted by atomic mass is 16.5. The maximum absolute atomic E-state index is 5.71. The highest BCUT2D eigenvalue weighted by Crippen LogP contribution is 2.14. The molecule has 0 aliphatic carbocycles. The summed E-state index contributed by atoms with van der Waals surface area (Å²) in [6, 6.07) is 10.4. The molecule has 1 aromatic carbocycles. The van der Waals surface area contributed by atoms with Gasteiger partial charge in [0.1, 0.15) is 0 Å². The van der Waals surface area contributed by atoms with Gasteiger partial charge in [-0.15, -0.1) is 0 Å². The molecular weight excluding hydrogens is 280 g/mol. The van der Waals surface area contributed by atoms with E-state index in [0.717, 1.165) is 19.4 Å². The van der Waals surface area contributed by atoms with E-state index in [1.807, 2.05) is 6.07 Å². The van der Waals surface area contributed by atoms with Gasteiger partial charge in [0.25, 0.3) is 0 Å². The van der Waals surface area contributed by atoms with Gasteiger partial charge in [-0.05, 0) is 37.7 Å². The highest BCUT2D eigenvalue weighted by molar-refractivity contribution is 5.13. The fourth-order valence-electron chi connectivity index (χ4n) is 2.47. The van der Waals surface area contributed by atoms with E-state index in [4.69, 9.17) is 4.74 Å². The summed E-state index contributed by atoms with van der Waals surface area (Å²) in [4.78, 5) is 0. The molecule has 1 nitrogen and oxygen atoms in total. The predicted molar refractivity (Wildman–Crippen MR) is 102 cm³/mol. The summed E-state index contributed by atoms with van der Waals surface area (Å²) in [6.45, 7) is 6.04. The van der Waals surface area contributed by atoms with E-state index >= 15 is 0 Å². The molecule has 0 bridgehead atoms. The van der Waals surface area contributed by atoms with Crippen LogP contribution < -0.4 is 0 Å². The summed E-state index contributed by atoms with van der Waals surface area (Å²) in [6.07, 6.45) is 16.9. The van der Waals surface area contributed by atoms with Crippen LogP contribution in [0.15, 0.2) is 54.1 Å². The molecule has 0 N–H and O–H groups in total. The first-order valence-corrected chi connectivity index (χ1v) is 9.31. The summed E-state index contributed by atoms with van der Waals surface area (Å²) in [5.74, 6) is 0. The minimum Gasteiger partial charge on any atom is -0.376 e. The quantitative estimate of drug-likeness (QED) is 0.286. The Bertz CT molecular complexity index is 431. The summed E-state index contributed by atoms with van der Waals surface area (Å²) in [5, 5.41) is 0. The first-order valence-electron chi connectivity index (χ1n) is 9.31. The van der Waals surface area contributed by atoms with Gasteiger partial charge in [0.2, 0.25) is 0 Å². The van der Waals surface area contributed by atoms with Crippen LogP contribution in [0.4, 0.5) is 0 Å². The van der Waals surface area contributed by atoms with Crippen LogP contribution in [0.2, 0.25) is 0 Å². The van der Waals surface area contributed by atoms with Crippen molar-refractivity contribution in [1.82, 2.24) is 0 Å². The number of rotatable bonds is 13. The maximum Gasteiger partial charge on any atom is 0.0717 e. The SMILES string of the molecule is CCCC/C=C(/C/C=C/CCOCc1ccccc1)CCCC. The Hall–Kier alpha value is -1.34. The van der Waals surface area contributed by atoms with Gasteiger partial charge >= 0.3 is 0 Å². The Balaban J connectivity index is 2.17. The molecule has 0 saturated heterocycles. The molecule has 0 aliphatic heterocycles. The number of benzene rings is 1. The van der Waals surface area contributed by atoms with Gasteiger partial charge in [-0.1, -0.05) is 87.2 Å². The summed E-state index contributed by atoms with van der Waals surface area (Å²) in [5.41, 5.74) is 2.86. The van der Waals surface area contributed by atoms with Crippen molar-refractivity contribution in [2.75, 3.05) is 6.61 Å². The van der Waals surface area contributed by atoms with Crippen LogP contribution in [-0.4, -0.2) is 6.61 Å². The molecule has 0 aliphatic rings. The van der Waals surface area contributed by atoms with Gasteiger partial charge in [0, 0.05) is 0 Å². The molecule has 128 valence electrons. The average Bonchev–Trinajstić information content (AvgIpc) is 2.59. The molecule has 0 spiro atoms. The molecule has 23 heavy (non-hydrogen) atoms. The van der Waals surface area contributed by atoms with Crippen LogP contribution in [0.3, 0.4) is 0 Å². The summed E-state index contributed by atoms with van der Waals surface area (Å²) in [7, 11) is 0. The second kappa shape index (κ2) is 14.3. The molecule has 0 aromatic heterocycles. The molecule has 0 saturated carbocycles. The minimum absolute atomic E-state index is 0.716. The topological polar surface area (TPSA) is 9.23 Å². The summed E-state index contributed by atoms with van der Waals surface area (Å²) < 4.78 is 5.71. The van der Waals surface area contributed by atoms with Crippen LogP contribution in [0.25, 0.3) is 0 Å². The molecule has 0 amide bonds. The maximum atomic E-state index is 5.71. The number of allylic oxidation sites excluding steroid dienone is 3. The monoisotopic (exact) mass is 314 g/mol. The van der Waals surface area contributed by atoms with E-state index in [1.165, 1.54) is 44.1 Å². The number of unbranched alkanes of at least 4 members (excludes halogenated alkanes) is 3. The standard InChI is InChI=1S/C22H34O/c1-3-5-9-15-21(14-6-4-2)16-12-8-13-19-23-20-22-17-10-7-11-18-22/h7-8,10-12,15,17-18H,3-6,9,13-14,16,19-20H2,1-2H3/b12-8+,21-15+. The van der Waals surface area contributed by atoms with Gasteiger partial charge in [0.05, 0.1) is 13.2 Å². The second-order valence-corrected chi connectivity index (χ2v) is 6.11. The first kappa shape index (κ1) is 19.7. The Morgan fingerprint density at radius 2 is 1.74 bits per heavy atom. The molecule has 0 unspecified atom stereocenters. The number of hydrogen-bond donors (Lipinski definition) is 0. The molecule has 0 radical (unpaired) electrons. The fourth-order valence-corrected chi connectivity index (χ4v) is 2.47. The smallest absolute Gasteiger partial charge is 0.0717 e. The molecule has 0 fully saturated rings. The van der Waals surface area contributed by atoms with Gasteiger partial charge in [0.15, 0.2) is 0 Å². The molecule has 1 aromatic rings. The molecule has 1 heteroatoms. The predicted octanol–water partition coefficient (Wildman–Crippen LogP) is 6.85. The van der Waals surface area contributed by atoms with E-state index in [2.05, 4.69) is 56.3 Å². The van der Waals surface area contributed by atoms with Crippen LogP contribution in [0.5, 0.6) is 0 Å². The van der Waals surface area contributed by atoms with Crippen molar-refractivity contribution in [1.29, 1.82) is 0 Å².